The summed E-state index contributed by atoms with van der Waals surface area (Å²) in [5, 5.41) is 8.40. The van der Waals surface area contributed by atoms with Gasteiger partial charge in [-0.15, -0.1) is 0 Å². The highest BCUT2D eigenvalue weighted by Crippen LogP contribution is 2.29. The van der Waals surface area contributed by atoms with Gasteiger partial charge in [-0.25, -0.2) is 9.59 Å². The summed E-state index contributed by atoms with van der Waals surface area (Å²) in [7, 11) is 0. The quantitative estimate of drug-likeness (QED) is 0.442. The Balaban J connectivity index is 0.000000300. The minimum absolute atomic E-state index is 0.106. The molecule has 0 atom stereocenters. The van der Waals surface area contributed by atoms with Gasteiger partial charge in [-0.2, -0.15) is 10.1 Å². The van der Waals surface area contributed by atoms with E-state index in [1.165, 1.54) is 0 Å². The average Bonchev–Trinajstić information content (AvgIpc) is 2.78. The number of carbonyl (C=O) groups excluding carboxylic acids is 2. The largest absolute Gasteiger partial charge is 0.373 e. The van der Waals surface area contributed by atoms with Crippen molar-refractivity contribution < 1.29 is 29.5 Å². The molecule has 1 N–H and O–H groups in total. The summed E-state index contributed by atoms with van der Waals surface area (Å²) in [6.45, 7) is 11.9. The van der Waals surface area contributed by atoms with Crippen LogP contribution >= 0.6 is 0 Å². The second-order valence-corrected chi connectivity index (χ2v) is 8.10. The fraction of sp³-hybridized carbons (Fsp3) is 0.417. The van der Waals surface area contributed by atoms with Gasteiger partial charge in [0.15, 0.2) is 0 Å². The van der Waals surface area contributed by atoms with Crippen LogP contribution in [0.1, 0.15) is 80.7 Å². The molecule has 2 rings (SSSR count). The topological polar surface area (TPSA) is 82.1 Å². The van der Waals surface area contributed by atoms with Crippen molar-refractivity contribution in [1.82, 2.24) is 0 Å². The Morgan fingerprint density at radius 1 is 0.833 bits per heavy atom. The van der Waals surface area contributed by atoms with Gasteiger partial charge in [-0.3, -0.25) is 9.78 Å². The zero-order chi connectivity index (χ0) is 22.8. The molecule has 0 bridgehead atoms. The number of carbonyl (C=O) groups is 2. The molecular formula is C24H32O6. The molecule has 0 aliphatic carbocycles. The van der Waals surface area contributed by atoms with E-state index in [-0.39, 0.29) is 5.41 Å². The monoisotopic (exact) mass is 416 g/mol. The van der Waals surface area contributed by atoms with Gasteiger partial charge in [-0.1, -0.05) is 64.1 Å². The smallest absolute Gasteiger partial charge is 0.295 e. The van der Waals surface area contributed by atoms with Crippen LogP contribution in [0.15, 0.2) is 54.6 Å². The molecule has 30 heavy (non-hydrogen) atoms. The van der Waals surface area contributed by atoms with Crippen molar-refractivity contribution in [2.24, 2.45) is 0 Å². The molecule has 0 saturated carbocycles. The van der Waals surface area contributed by atoms with Crippen LogP contribution in [0.3, 0.4) is 0 Å². The highest BCUT2D eigenvalue weighted by Gasteiger charge is 2.24. The predicted molar refractivity (Wildman–Crippen MR) is 115 cm³/mol. The van der Waals surface area contributed by atoms with E-state index in [4.69, 9.17) is 15.0 Å². The third-order valence-corrected chi connectivity index (χ3v) is 5.05. The Kier molecular flexibility index (Phi) is 9.69. The first-order valence-electron chi connectivity index (χ1n) is 9.98. The van der Waals surface area contributed by atoms with Gasteiger partial charge in [0.25, 0.3) is 0 Å². The predicted octanol–water partition coefficient (Wildman–Crippen LogP) is 5.97. The lowest BCUT2D eigenvalue weighted by atomic mass is 9.80. The summed E-state index contributed by atoms with van der Waals surface area (Å²) in [4.78, 5) is 36.4. The van der Waals surface area contributed by atoms with E-state index in [0.717, 1.165) is 18.4 Å². The first kappa shape index (κ1) is 25.3. The third-order valence-electron chi connectivity index (χ3n) is 5.05. The van der Waals surface area contributed by atoms with Crippen molar-refractivity contribution in [2.45, 2.75) is 65.4 Å². The van der Waals surface area contributed by atoms with E-state index in [0.29, 0.717) is 11.1 Å². The van der Waals surface area contributed by atoms with Crippen LogP contribution in [0.5, 0.6) is 0 Å². The molecule has 0 aliphatic rings. The fourth-order valence-electron chi connectivity index (χ4n) is 2.32. The first-order valence-corrected chi connectivity index (χ1v) is 9.98. The molecule has 0 fully saturated rings. The van der Waals surface area contributed by atoms with Crippen molar-refractivity contribution in [3.8, 4) is 0 Å². The van der Waals surface area contributed by atoms with E-state index in [1.807, 2.05) is 39.0 Å². The summed E-state index contributed by atoms with van der Waals surface area (Å²) in [5.74, 6) is -1.16. The lowest BCUT2D eigenvalue weighted by molar-refractivity contribution is -0.307. The number of hydrogen-bond acceptors (Lipinski definition) is 6. The number of benzene rings is 2. The van der Waals surface area contributed by atoms with Gasteiger partial charge < -0.3 is 0 Å². The highest BCUT2D eigenvalue weighted by atomic mass is 17.2. The van der Waals surface area contributed by atoms with Crippen molar-refractivity contribution in [3.05, 3.63) is 71.3 Å². The fourth-order valence-corrected chi connectivity index (χ4v) is 2.32. The van der Waals surface area contributed by atoms with Crippen LogP contribution in [-0.2, 0) is 20.1 Å². The highest BCUT2D eigenvalue weighted by molar-refractivity contribution is 5.91. The molecule has 0 spiro atoms. The lowest BCUT2D eigenvalue weighted by Crippen LogP contribution is -2.25. The van der Waals surface area contributed by atoms with Gasteiger partial charge in [0.2, 0.25) is 0 Å². The second kappa shape index (κ2) is 11.5. The van der Waals surface area contributed by atoms with E-state index >= 15 is 0 Å². The minimum Gasteiger partial charge on any atom is -0.295 e. The molecule has 6 nitrogen and oxygen atoms in total. The van der Waals surface area contributed by atoms with Gasteiger partial charge in [0.05, 0.1) is 11.1 Å². The van der Waals surface area contributed by atoms with E-state index < -0.39 is 17.5 Å². The zero-order valence-corrected chi connectivity index (χ0v) is 18.6. The standard InChI is InChI=1S/2C12H16O3/c1-4-12(2,3)15-14-11(13)10-8-6-5-7-9-10;1-4-12(2,3)10-8-6-5-7-9(10)11(13)15-14/h5-9H,4H2,1-3H3;5-8,14H,4H2,1-3H3. The average molecular weight is 417 g/mol. The van der Waals surface area contributed by atoms with Crippen molar-refractivity contribution in [1.29, 1.82) is 0 Å². The van der Waals surface area contributed by atoms with Crippen LogP contribution in [0, 0.1) is 0 Å². The Hall–Kier alpha value is -2.70. The van der Waals surface area contributed by atoms with Crippen LogP contribution in [-0.4, -0.2) is 22.8 Å². The van der Waals surface area contributed by atoms with Crippen LogP contribution < -0.4 is 0 Å². The maximum atomic E-state index is 11.5. The molecule has 0 aromatic heterocycles. The molecule has 164 valence electrons. The summed E-state index contributed by atoms with van der Waals surface area (Å²) < 4.78 is 0. The molecule has 0 heterocycles. The molecule has 0 amide bonds. The second-order valence-electron chi connectivity index (χ2n) is 8.10. The molecule has 2 aromatic rings. The zero-order valence-electron chi connectivity index (χ0n) is 18.6. The number of hydrogen-bond donors (Lipinski definition) is 1. The summed E-state index contributed by atoms with van der Waals surface area (Å²) >= 11 is 0. The van der Waals surface area contributed by atoms with E-state index in [9.17, 15) is 9.59 Å². The molecule has 6 heteroatoms. The third kappa shape index (κ3) is 7.61. The number of rotatable bonds is 7. The molecular weight excluding hydrogens is 384 g/mol. The van der Waals surface area contributed by atoms with Crippen molar-refractivity contribution >= 4 is 11.9 Å². The lowest BCUT2D eigenvalue weighted by Gasteiger charge is -2.25. The van der Waals surface area contributed by atoms with E-state index in [1.54, 1.807) is 36.4 Å². The normalized spacial score (nSPS) is 11.2. The SMILES string of the molecule is CCC(C)(C)OOC(=O)c1ccccc1.CCC(C)(C)c1ccccc1C(=O)OO. The van der Waals surface area contributed by atoms with Gasteiger partial charge in [-0.05, 0) is 55.9 Å². The maximum absolute atomic E-state index is 11.5. The van der Waals surface area contributed by atoms with E-state index in [2.05, 4.69) is 25.7 Å². The Bertz CT molecular complexity index is 811. The van der Waals surface area contributed by atoms with Gasteiger partial charge >= 0.3 is 11.9 Å². The first-order chi connectivity index (χ1) is 14.1. The van der Waals surface area contributed by atoms with Crippen LogP contribution in [0.25, 0.3) is 0 Å². The summed E-state index contributed by atoms with van der Waals surface area (Å²) in [6, 6.07) is 15.9. The molecule has 2 aromatic carbocycles. The van der Waals surface area contributed by atoms with Gasteiger partial charge in [0, 0.05) is 0 Å². The van der Waals surface area contributed by atoms with Crippen LogP contribution in [0.4, 0.5) is 0 Å². The minimum atomic E-state index is -0.702. The van der Waals surface area contributed by atoms with Crippen molar-refractivity contribution in [3.63, 3.8) is 0 Å². The van der Waals surface area contributed by atoms with Crippen LogP contribution in [0.2, 0.25) is 0 Å². The molecule has 0 radical (unpaired) electrons. The van der Waals surface area contributed by atoms with Gasteiger partial charge in [0.1, 0.15) is 5.60 Å². The maximum Gasteiger partial charge on any atom is 0.373 e. The molecule has 0 unspecified atom stereocenters. The molecule has 0 aliphatic heterocycles. The summed E-state index contributed by atoms with van der Waals surface area (Å²) in [5.41, 5.74) is 1.26. The Labute approximate surface area is 178 Å². The molecule has 0 saturated heterocycles. The summed E-state index contributed by atoms with van der Waals surface area (Å²) in [6.07, 6.45) is 1.68. The Morgan fingerprint density at radius 2 is 1.40 bits per heavy atom. The van der Waals surface area contributed by atoms with Crippen molar-refractivity contribution in [2.75, 3.05) is 0 Å². The Morgan fingerprint density at radius 3 is 1.93 bits per heavy atom.